The summed E-state index contributed by atoms with van der Waals surface area (Å²) in [5, 5.41) is 4.17. The van der Waals surface area contributed by atoms with Gasteiger partial charge >= 0.3 is 0 Å². The number of nitrogens with one attached hydrogen (secondary N) is 1. The molecule has 19 heavy (non-hydrogen) atoms. The zero-order valence-corrected chi connectivity index (χ0v) is 10.8. The van der Waals surface area contributed by atoms with Crippen LogP contribution in [0.25, 0.3) is 6.08 Å². The fraction of sp³-hybridized carbons (Fsp3) is 0. The third kappa shape index (κ3) is 3.53. The molecule has 1 aromatic heterocycles. The maximum Gasteiger partial charge on any atom is 0.260 e. The van der Waals surface area contributed by atoms with Crippen LogP contribution in [0.15, 0.2) is 47.9 Å². The Balaban J connectivity index is 2.00. The van der Waals surface area contributed by atoms with Crippen molar-refractivity contribution in [2.24, 2.45) is 0 Å². The van der Waals surface area contributed by atoms with Crippen molar-refractivity contribution in [3.63, 3.8) is 0 Å². The number of hydrogen-bond donors (Lipinski definition) is 2. The second kappa shape index (κ2) is 5.97. The third-order valence-corrected chi connectivity index (χ3v) is 3.22. The molecule has 1 heterocycles. The van der Waals surface area contributed by atoms with E-state index in [0.717, 1.165) is 4.88 Å². The Bertz CT molecular complexity index is 618. The van der Waals surface area contributed by atoms with Crippen LogP contribution in [0, 0.1) is 0 Å². The van der Waals surface area contributed by atoms with Gasteiger partial charge in [-0.1, -0.05) is 18.2 Å². The van der Waals surface area contributed by atoms with E-state index in [2.05, 4.69) is 5.32 Å². The number of thiophene rings is 1. The van der Waals surface area contributed by atoms with Crippen LogP contribution in [-0.2, 0) is 4.79 Å². The summed E-state index contributed by atoms with van der Waals surface area (Å²) in [6.07, 6.45) is 2.98. The fourth-order valence-corrected chi connectivity index (χ4v) is 2.09. The van der Waals surface area contributed by atoms with Gasteiger partial charge in [0, 0.05) is 16.6 Å². The summed E-state index contributed by atoms with van der Waals surface area (Å²) in [7, 11) is 0. The lowest BCUT2D eigenvalue weighted by atomic mass is 10.1. The molecule has 2 amide bonds. The highest BCUT2D eigenvalue weighted by molar-refractivity contribution is 7.10. The van der Waals surface area contributed by atoms with Crippen molar-refractivity contribution >= 4 is 34.9 Å². The minimum Gasteiger partial charge on any atom is -0.398 e. The first-order chi connectivity index (χ1) is 9.16. The van der Waals surface area contributed by atoms with E-state index >= 15 is 0 Å². The first-order valence-electron chi connectivity index (χ1n) is 5.58. The molecule has 2 rings (SSSR count). The molecule has 4 nitrogen and oxygen atoms in total. The monoisotopic (exact) mass is 272 g/mol. The van der Waals surface area contributed by atoms with Gasteiger partial charge in [-0.25, -0.2) is 0 Å². The SMILES string of the molecule is Nc1ccccc1C(=O)NC(=O)/C=C/c1cccs1. The molecule has 0 saturated carbocycles. The van der Waals surface area contributed by atoms with Gasteiger partial charge in [-0.3, -0.25) is 14.9 Å². The average molecular weight is 272 g/mol. The van der Waals surface area contributed by atoms with E-state index in [1.165, 1.54) is 17.4 Å². The maximum absolute atomic E-state index is 11.8. The number of imide groups is 1. The van der Waals surface area contributed by atoms with E-state index < -0.39 is 11.8 Å². The first kappa shape index (κ1) is 13.0. The molecule has 0 aliphatic carbocycles. The van der Waals surface area contributed by atoms with E-state index in [9.17, 15) is 9.59 Å². The topological polar surface area (TPSA) is 72.2 Å². The van der Waals surface area contributed by atoms with Gasteiger partial charge in [-0.05, 0) is 29.7 Å². The van der Waals surface area contributed by atoms with E-state index in [4.69, 9.17) is 5.73 Å². The van der Waals surface area contributed by atoms with Gasteiger partial charge in [0.25, 0.3) is 11.8 Å². The second-order valence-electron chi connectivity index (χ2n) is 3.75. The van der Waals surface area contributed by atoms with Crippen LogP contribution >= 0.6 is 11.3 Å². The smallest absolute Gasteiger partial charge is 0.260 e. The molecule has 0 aliphatic heterocycles. The van der Waals surface area contributed by atoms with Gasteiger partial charge in [0.2, 0.25) is 0 Å². The molecule has 0 unspecified atom stereocenters. The number of carbonyl (C=O) groups excluding carboxylic acids is 2. The summed E-state index contributed by atoms with van der Waals surface area (Å²) >= 11 is 1.51. The van der Waals surface area contributed by atoms with Gasteiger partial charge in [0.05, 0.1) is 5.56 Å². The molecule has 96 valence electrons. The molecule has 0 saturated heterocycles. The van der Waals surface area contributed by atoms with Gasteiger partial charge in [-0.2, -0.15) is 0 Å². The first-order valence-corrected chi connectivity index (χ1v) is 6.46. The predicted octanol–water partition coefficient (Wildman–Crippen LogP) is 2.30. The van der Waals surface area contributed by atoms with Crippen molar-refractivity contribution in [2.45, 2.75) is 0 Å². The Morgan fingerprint density at radius 1 is 1.16 bits per heavy atom. The normalized spacial score (nSPS) is 10.5. The van der Waals surface area contributed by atoms with Gasteiger partial charge in [0.15, 0.2) is 0 Å². The molecule has 0 fully saturated rings. The van der Waals surface area contributed by atoms with Crippen LogP contribution in [0.4, 0.5) is 5.69 Å². The number of amides is 2. The minimum absolute atomic E-state index is 0.292. The number of nitrogen functional groups attached to an aromatic ring is 1. The van der Waals surface area contributed by atoms with Crippen molar-refractivity contribution in [1.29, 1.82) is 0 Å². The standard InChI is InChI=1S/C14H12N2O2S/c15-12-6-2-1-5-11(12)14(18)16-13(17)8-7-10-4-3-9-19-10/h1-9H,15H2,(H,16,17,18)/b8-7+. The van der Waals surface area contributed by atoms with Gasteiger partial charge in [-0.15, -0.1) is 11.3 Å². The summed E-state index contributed by atoms with van der Waals surface area (Å²) in [5.41, 5.74) is 6.29. The highest BCUT2D eigenvalue weighted by Crippen LogP contribution is 2.11. The van der Waals surface area contributed by atoms with Crippen LogP contribution in [0.3, 0.4) is 0 Å². The Labute approximate surface area is 114 Å². The van der Waals surface area contributed by atoms with Crippen molar-refractivity contribution in [2.75, 3.05) is 5.73 Å². The van der Waals surface area contributed by atoms with Crippen LogP contribution in [0.5, 0.6) is 0 Å². The summed E-state index contributed by atoms with van der Waals surface area (Å²) in [6.45, 7) is 0. The quantitative estimate of drug-likeness (QED) is 0.665. The lowest BCUT2D eigenvalue weighted by Gasteiger charge is -2.03. The predicted molar refractivity (Wildman–Crippen MR) is 76.7 cm³/mol. The summed E-state index contributed by atoms with van der Waals surface area (Å²) in [5.74, 6) is -0.972. The van der Waals surface area contributed by atoms with Crippen molar-refractivity contribution in [3.8, 4) is 0 Å². The molecule has 0 atom stereocenters. The van der Waals surface area contributed by atoms with E-state index in [1.807, 2.05) is 17.5 Å². The summed E-state index contributed by atoms with van der Waals surface area (Å²) in [6, 6.07) is 10.4. The lowest BCUT2D eigenvalue weighted by molar-refractivity contribution is -0.115. The van der Waals surface area contributed by atoms with Crippen molar-refractivity contribution < 1.29 is 9.59 Å². The molecule has 0 radical (unpaired) electrons. The second-order valence-corrected chi connectivity index (χ2v) is 4.73. The van der Waals surface area contributed by atoms with E-state index in [0.29, 0.717) is 11.3 Å². The number of carbonyl (C=O) groups is 2. The van der Waals surface area contributed by atoms with Crippen molar-refractivity contribution in [1.82, 2.24) is 5.32 Å². The summed E-state index contributed by atoms with van der Waals surface area (Å²) in [4.78, 5) is 24.3. The molecular formula is C14H12N2O2S. The largest absolute Gasteiger partial charge is 0.398 e. The van der Waals surface area contributed by atoms with E-state index in [-0.39, 0.29) is 0 Å². The average Bonchev–Trinajstić information content (AvgIpc) is 2.90. The molecule has 3 N–H and O–H groups in total. The molecule has 1 aromatic carbocycles. The zero-order valence-electron chi connectivity index (χ0n) is 10.00. The highest BCUT2D eigenvalue weighted by Gasteiger charge is 2.10. The number of hydrogen-bond acceptors (Lipinski definition) is 4. The molecule has 0 bridgehead atoms. The number of anilines is 1. The Hall–Kier alpha value is -2.40. The maximum atomic E-state index is 11.8. The van der Waals surface area contributed by atoms with Crippen molar-refractivity contribution in [3.05, 3.63) is 58.3 Å². The number of para-hydroxylation sites is 1. The number of rotatable bonds is 3. The van der Waals surface area contributed by atoms with E-state index in [1.54, 1.807) is 30.3 Å². The van der Waals surface area contributed by atoms with Crippen LogP contribution in [0.1, 0.15) is 15.2 Å². The third-order valence-electron chi connectivity index (χ3n) is 2.38. The Morgan fingerprint density at radius 3 is 2.63 bits per heavy atom. The van der Waals surface area contributed by atoms with Crippen LogP contribution < -0.4 is 11.1 Å². The summed E-state index contributed by atoms with van der Waals surface area (Å²) < 4.78 is 0. The van der Waals surface area contributed by atoms with Gasteiger partial charge < -0.3 is 5.73 Å². The highest BCUT2D eigenvalue weighted by atomic mass is 32.1. The number of benzene rings is 1. The number of nitrogens with two attached hydrogens (primary N) is 1. The molecule has 2 aromatic rings. The lowest BCUT2D eigenvalue weighted by Crippen LogP contribution is -2.29. The van der Waals surface area contributed by atoms with Gasteiger partial charge in [0.1, 0.15) is 0 Å². The zero-order chi connectivity index (χ0) is 13.7. The minimum atomic E-state index is -0.501. The molecule has 0 aliphatic rings. The van der Waals surface area contributed by atoms with Crippen LogP contribution in [-0.4, -0.2) is 11.8 Å². The molecule has 0 spiro atoms. The van der Waals surface area contributed by atoms with Crippen LogP contribution in [0.2, 0.25) is 0 Å². The molecular weight excluding hydrogens is 260 g/mol. The molecule has 5 heteroatoms. The Kier molecular flexibility index (Phi) is 4.10. The fourth-order valence-electron chi connectivity index (χ4n) is 1.47. The Morgan fingerprint density at radius 2 is 1.95 bits per heavy atom.